The van der Waals surface area contributed by atoms with E-state index in [4.69, 9.17) is 0 Å². The van der Waals surface area contributed by atoms with E-state index >= 15 is 0 Å². The second-order valence-corrected chi connectivity index (χ2v) is 7.40. The van der Waals surface area contributed by atoms with Crippen LogP contribution in [-0.2, 0) is 6.42 Å². The van der Waals surface area contributed by atoms with Crippen LogP contribution >= 0.6 is 0 Å². The van der Waals surface area contributed by atoms with E-state index in [1.807, 2.05) is 18.2 Å². The van der Waals surface area contributed by atoms with Crippen molar-refractivity contribution in [1.29, 1.82) is 0 Å². The number of hydrogen-bond acceptors (Lipinski definition) is 3. The lowest BCUT2D eigenvalue weighted by atomic mass is 9.82. The molecular formula is C23H29NO2. The molecule has 26 heavy (non-hydrogen) atoms. The number of pyridine rings is 1. The van der Waals surface area contributed by atoms with Crippen LogP contribution in [0.25, 0.3) is 11.1 Å². The minimum Gasteiger partial charge on any atom is -0.507 e. The van der Waals surface area contributed by atoms with Gasteiger partial charge in [-0.05, 0) is 68.4 Å². The van der Waals surface area contributed by atoms with Gasteiger partial charge < -0.3 is 10.2 Å². The summed E-state index contributed by atoms with van der Waals surface area (Å²) in [6, 6.07) is 5.74. The molecule has 3 heteroatoms. The van der Waals surface area contributed by atoms with E-state index in [0.29, 0.717) is 5.56 Å². The fraction of sp³-hybridized carbons (Fsp3) is 0.435. The molecule has 3 rings (SSSR count). The first-order valence-corrected chi connectivity index (χ1v) is 9.77. The molecule has 0 spiro atoms. The molecule has 0 saturated heterocycles. The molecule has 1 aromatic heterocycles. The van der Waals surface area contributed by atoms with E-state index in [1.54, 1.807) is 12.4 Å². The van der Waals surface area contributed by atoms with Crippen LogP contribution in [0, 0.1) is 0 Å². The number of hydrogen-bond donors (Lipinski definition) is 2. The van der Waals surface area contributed by atoms with Crippen molar-refractivity contribution in [3.8, 4) is 22.6 Å². The number of phenolic OH excluding ortho intramolecular Hbond substituents is 2. The summed E-state index contributed by atoms with van der Waals surface area (Å²) in [5.41, 5.74) is 4.84. The van der Waals surface area contributed by atoms with E-state index in [0.717, 1.165) is 61.6 Å². The number of nitrogens with zero attached hydrogens (tertiary/aromatic N) is 1. The maximum atomic E-state index is 11.2. The van der Waals surface area contributed by atoms with Crippen LogP contribution < -0.4 is 0 Å². The van der Waals surface area contributed by atoms with Crippen molar-refractivity contribution in [3.05, 3.63) is 53.4 Å². The Kier molecular flexibility index (Phi) is 5.97. The van der Waals surface area contributed by atoms with Gasteiger partial charge >= 0.3 is 0 Å². The third kappa shape index (κ3) is 3.92. The van der Waals surface area contributed by atoms with Gasteiger partial charge in [-0.3, -0.25) is 4.98 Å². The van der Waals surface area contributed by atoms with Gasteiger partial charge in [0, 0.05) is 29.4 Å². The van der Waals surface area contributed by atoms with Gasteiger partial charge in [0.1, 0.15) is 11.5 Å². The first-order valence-electron chi connectivity index (χ1n) is 9.77. The van der Waals surface area contributed by atoms with E-state index in [2.05, 4.69) is 24.9 Å². The molecule has 0 radical (unpaired) electrons. The highest BCUT2D eigenvalue weighted by atomic mass is 16.3. The Morgan fingerprint density at radius 2 is 1.92 bits per heavy atom. The number of benzene rings is 1. The molecule has 3 nitrogen and oxygen atoms in total. The third-order valence-corrected chi connectivity index (χ3v) is 5.36. The minimum absolute atomic E-state index is 0.0778. The average molecular weight is 351 g/mol. The Labute approximate surface area is 156 Å². The number of aryl methyl sites for hydroxylation is 1. The van der Waals surface area contributed by atoms with Crippen LogP contribution in [0.3, 0.4) is 0 Å². The van der Waals surface area contributed by atoms with Crippen LogP contribution in [0.1, 0.15) is 69.4 Å². The van der Waals surface area contributed by atoms with E-state index in [9.17, 15) is 10.2 Å². The molecule has 1 aromatic carbocycles. The highest BCUT2D eigenvalue weighted by Crippen LogP contribution is 2.47. The van der Waals surface area contributed by atoms with Crippen molar-refractivity contribution < 1.29 is 10.2 Å². The molecule has 2 N–H and O–H groups in total. The Hall–Kier alpha value is -2.29. The normalized spacial score (nSPS) is 17.2. The first kappa shape index (κ1) is 18.5. The van der Waals surface area contributed by atoms with Gasteiger partial charge in [0.25, 0.3) is 0 Å². The number of aromatic hydroxyl groups is 2. The van der Waals surface area contributed by atoms with Crippen molar-refractivity contribution in [1.82, 2.24) is 4.98 Å². The SMILES string of the molecule is CCCCCc1cc(O)c(C2C=C(C)CCC2)c(O)c1-c1ccncc1. The topological polar surface area (TPSA) is 53.4 Å². The summed E-state index contributed by atoms with van der Waals surface area (Å²) in [5.74, 6) is 0.537. The Balaban J connectivity index is 2.11. The summed E-state index contributed by atoms with van der Waals surface area (Å²) in [4.78, 5) is 4.10. The first-order chi connectivity index (χ1) is 12.6. The zero-order valence-electron chi connectivity index (χ0n) is 15.8. The Morgan fingerprint density at radius 3 is 2.62 bits per heavy atom. The van der Waals surface area contributed by atoms with Crippen LogP contribution in [-0.4, -0.2) is 15.2 Å². The molecule has 1 atom stereocenters. The number of phenols is 2. The van der Waals surface area contributed by atoms with Gasteiger partial charge in [0.05, 0.1) is 0 Å². The molecule has 0 aliphatic heterocycles. The lowest BCUT2D eigenvalue weighted by Gasteiger charge is -2.24. The van der Waals surface area contributed by atoms with Gasteiger partial charge in [0.15, 0.2) is 0 Å². The van der Waals surface area contributed by atoms with Gasteiger partial charge in [-0.15, -0.1) is 0 Å². The highest BCUT2D eigenvalue weighted by Gasteiger charge is 2.25. The second kappa shape index (κ2) is 8.39. The van der Waals surface area contributed by atoms with Crippen LogP contribution in [0.4, 0.5) is 0 Å². The van der Waals surface area contributed by atoms with Crippen molar-refractivity contribution in [2.75, 3.05) is 0 Å². The lowest BCUT2D eigenvalue weighted by molar-refractivity contribution is 0.428. The Morgan fingerprint density at radius 1 is 1.15 bits per heavy atom. The predicted molar refractivity (Wildman–Crippen MR) is 107 cm³/mol. The summed E-state index contributed by atoms with van der Waals surface area (Å²) >= 11 is 0. The van der Waals surface area contributed by atoms with Crippen molar-refractivity contribution in [2.45, 2.75) is 64.7 Å². The second-order valence-electron chi connectivity index (χ2n) is 7.40. The summed E-state index contributed by atoms with van der Waals surface area (Å²) in [5, 5.41) is 21.9. The molecule has 1 aliphatic rings. The van der Waals surface area contributed by atoms with Crippen LogP contribution in [0.15, 0.2) is 42.2 Å². The molecule has 138 valence electrons. The molecule has 1 unspecified atom stereocenters. The molecule has 0 saturated carbocycles. The van der Waals surface area contributed by atoms with Gasteiger partial charge in [-0.2, -0.15) is 0 Å². The molecule has 1 heterocycles. The van der Waals surface area contributed by atoms with Crippen molar-refractivity contribution in [2.24, 2.45) is 0 Å². The largest absolute Gasteiger partial charge is 0.507 e. The average Bonchev–Trinajstić information content (AvgIpc) is 2.62. The van der Waals surface area contributed by atoms with Crippen LogP contribution in [0.2, 0.25) is 0 Å². The maximum Gasteiger partial charge on any atom is 0.131 e. The van der Waals surface area contributed by atoms with E-state index in [-0.39, 0.29) is 17.4 Å². The molecule has 1 aliphatic carbocycles. The lowest BCUT2D eigenvalue weighted by Crippen LogP contribution is -2.05. The maximum absolute atomic E-state index is 11.2. The third-order valence-electron chi connectivity index (χ3n) is 5.36. The summed E-state index contributed by atoms with van der Waals surface area (Å²) in [6.07, 6.45) is 13.1. The fourth-order valence-electron chi connectivity index (χ4n) is 4.03. The zero-order chi connectivity index (χ0) is 18.5. The monoisotopic (exact) mass is 351 g/mol. The van der Waals surface area contributed by atoms with Crippen molar-refractivity contribution in [3.63, 3.8) is 0 Å². The molecular weight excluding hydrogens is 322 g/mol. The number of unbranched alkanes of at least 4 members (excludes halogenated alkanes) is 2. The quantitative estimate of drug-likeness (QED) is 0.488. The van der Waals surface area contributed by atoms with E-state index in [1.165, 1.54) is 5.57 Å². The minimum atomic E-state index is 0.0778. The molecule has 0 bridgehead atoms. The van der Waals surface area contributed by atoms with Gasteiger partial charge in [-0.1, -0.05) is 31.4 Å². The van der Waals surface area contributed by atoms with Gasteiger partial charge in [0.2, 0.25) is 0 Å². The number of allylic oxidation sites excluding steroid dienone is 2. The highest BCUT2D eigenvalue weighted by molar-refractivity contribution is 5.77. The smallest absolute Gasteiger partial charge is 0.131 e. The van der Waals surface area contributed by atoms with Crippen LogP contribution in [0.5, 0.6) is 11.5 Å². The zero-order valence-corrected chi connectivity index (χ0v) is 15.8. The predicted octanol–water partition coefficient (Wildman–Crippen LogP) is 6.11. The van der Waals surface area contributed by atoms with Gasteiger partial charge in [-0.25, -0.2) is 0 Å². The fourth-order valence-corrected chi connectivity index (χ4v) is 4.03. The van der Waals surface area contributed by atoms with E-state index < -0.39 is 0 Å². The summed E-state index contributed by atoms with van der Waals surface area (Å²) in [6.45, 7) is 4.31. The molecule has 0 fully saturated rings. The van der Waals surface area contributed by atoms with Crippen molar-refractivity contribution >= 4 is 0 Å². The number of rotatable bonds is 6. The number of aromatic nitrogens is 1. The standard InChI is InChI=1S/C23H29NO2/c1-3-4-5-8-19-15-20(25)22(18-9-6-7-16(2)14-18)23(26)21(19)17-10-12-24-13-11-17/h10-15,18,25-26H,3-9H2,1-2H3. The summed E-state index contributed by atoms with van der Waals surface area (Å²) in [7, 11) is 0. The molecule has 0 amide bonds. The summed E-state index contributed by atoms with van der Waals surface area (Å²) < 4.78 is 0. The molecule has 2 aromatic rings. The Bertz CT molecular complexity index is 781.